The van der Waals surface area contributed by atoms with Crippen molar-refractivity contribution in [2.24, 2.45) is 5.41 Å². The maximum atomic E-state index is 12.7. The molecule has 0 saturated heterocycles. The van der Waals surface area contributed by atoms with Gasteiger partial charge >= 0.3 is 11.9 Å². The summed E-state index contributed by atoms with van der Waals surface area (Å²) in [6.07, 6.45) is 12.6. The fourth-order valence-corrected chi connectivity index (χ4v) is 4.75. The molecule has 0 aliphatic rings. The number of hydrogen-bond acceptors (Lipinski definition) is 6. The molecule has 0 bridgehead atoms. The summed E-state index contributed by atoms with van der Waals surface area (Å²) >= 11 is 0. The molecule has 0 aromatic rings. The van der Waals surface area contributed by atoms with E-state index in [1.165, 1.54) is 25.7 Å². The van der Waals surface area contributed by atoms with Gasteiger partial charge in [0.25, 0.3) is 0 Å². The first-order valence-electron chi connectivity index (χ1n) is 15.2. The van der Waals surface area contributed by atoms with E-state index >= 15 is 0 Å². The van der Waals surface area contributed by atoms with Crippen LogP contribution in [0.3, 0.4) is 0 Å². The molecule has 8 nitrogen and oxygen atoms in total. The van der Waals surface area contributed by atoms with E-state index < -0.39 is 29.6 Å². The Bertz CT molecular complexity index is 542. The number of rotatable bonds is 29. The minimum absolute atomic E-state index is 0.177. The molecule has 0 aliphatic heterocycles. The molecule has 8 heteroatoms. The Balaban J connectivity index is 4.86. The van der Waals surface area contributed by atoms with E-state index in [9.17, 15) is 14.7 Å². The van der Waals surface area contributed by atoms with Crippen molar-refractivity contribution in [2.45, 2.75) is 136 Å². The Morgan fingerprint density at radius 2 is 1.05 bits per heavy atom. The van der Waals surface area contributed by atoms with Crippen molar-refractivity contribution in [3.05, 3.63) is 0 Å². The molecule has 38 heavy (non-hydrogen) atoms. The van der Waals surface area contributed by atoms with Gasteiger partial charge in [0.05, 0.1) is 38.6 Å². The van der Waals surface area contributed by atoms with Gasteiger partial charge in [-0.05, 0) is 39.5 Å². The molecule has 0 spiro atoms. The Kier molecular flexibility index (Phi) is 24.0. The van der Waals surface area contributed by atoms with Gasteiger partial charge in [0.2, 0.25) is 0 Å². The lowest BCUT2D eigenvalue weighted by Gasteiger charge is -2.40. The molecule has 0 aliphatic carbocycles. The van der Waals surface area contributed by atoms with Crippen molar-refractivity contribution < 1.29 is 38.7 Å². The summed E-state index contributed by atoms with van der Waals surface area (Å²) in [5, 5.41) is 19.2. The van der Waals surface area contributed by atoms with Crippen LogP contribution in [-0.2, 0) is 28.5 Å². The topological polar surface area (TPSA) is 112 Å². The second-order valence-corrected chi connectivity index (χ2v) is 10.4. The van der Waals surface area contributed by atoms with Crippen LogP contribution in [0.1, 0.15) is 124 Å². The second-order valence-electron chi connectivity index (χ2n) is 10.4. The van der Waals surface area contributed by atoms with Crippen LogP contribution < -0.4 is 0 Å². The van der Waals surface area contributed by atoms with E-state index in [4.69, 9.17) is 24.1 Å². The number of aliphatic carboxylic acids is 2. The molecule has 226 valence electrons. The van der Waals surface area contributed by atoms with Crippen LogP contribution in [0.15, 0.2) is 0 Å². The van der Waals surface area contributed by atoms with Crippen LogP contribution in [0.25, 0.3) is 0 Å². The number of unbranched alkanes of at least 4 members (excludes halogenated alkanes) is 10. The summed E-state index contributed by atoms with van der Waals surface area (Å²) in [6.45, 7) is 11.0. The van der Waals surface area contributed by atoms with Crippen molar-refractivity contribution in [3.8, 4) is 0 Å². The third-order valence-corrected chi connectivity index (χ3v) is 7.31. The van der Waals surface area contributed by atoms with Gasteiger partial charge in [-0.2, -0.15) is 0 Å². The number of carboxylic acid groups (broad SMARTS) is 2. The SMILES string of the molecule is CCCCCCOCCOC(C)C(CCCCCCCC(=O)O)(C(=O)O)C(C)OCCOCCCCCC. The van der Waals surface area contributed by atoms with Gasteiger partial charge in [0, 0.05) is 19.6 Å². The third kappa shape index (κ3) is 17.4. The average Bonchev–Trinajstić information content (AvgIpc) is 2.88. The van der Waals surface area contributed by atoms with E-state index in [-0.39, 0.29) is 6.42 Å². The predicted octanol–water partition coefficient (Wildman–Crippen LogP) is 6.88. The number of carbonyl (C=O) groups is 2. The monoisotopic (exact) mass is 546 g/mol. The molecule has 0 radical (unpaired) electrons. The zero-order chi connectivity index (χ0) is 28.5. The van der Waals surface area contributed by atoms with Crippen LogP contribution in [0, 0.1) is 5.41 Å². The van der Waals surface area contributed by atoms with E-state index in [0.29, 0.717) is 58.9 Å². The molecule has 0 rings (SSSR count). The first kappa shape index (κ1) is 36.8. The summed E-state index contributed by atoms with van der Waals surface area (Å²) in [5.41, 5.74) is -1.19. The Labute approximate surface area is 232 Å². The summed E-state index contributed by atoms with van der Waals surface area (Å²) in [5.74, 6) is -1.69. The van der Waals surface area contributed by atoms with Gasteiger partial charge in [-0.25, -0.2) is 0 Å². The molecule has 2 unspecified atom stereocenters. The van der Waals surface area contributed by atoms with Gasteiger partial charge in [-0.3, -0.25) is 9.59 Å². The molecule has 0 fully saturated rings. The largest absolute Gasteiger partial charge is 0.481 e. The molecule has 0 amide bonds. The minimum Gasteiger partial charge on any atom is -0.481 e. The minimum atomic E-state index is -1.19. The fraction of sp³-hybridized carbons (Fsp3) is 0.933. The zero-order valence-electron chi connectivity index (χ0n) is 24.8. The van der Waals surface area contributed by atoms with E-state index in [0.717, 1.165) is 44.9 Å². The third-order valence-electron chi connectivity index (χ3n) is 7.31. The van der Waals surface area contributed by atoms with Crippen molar-refractivity contribution in [3.63, 3.8) is 0 Å². The summed E-state index contributed by atoms with van der Waals surface area (Å²) < 4.78 is 23.4. The highest BCUT2D eigenvalue weighted by Crippen LogP contribution is 2.37. The standard InChI is InChI=1S/C30H58O8/c1-5-7-9-16-20-35-22-24-37-26(3)30(29(33)34,19-15-13-11-12-14-18-28(31)32)27(4)38-25-23-36-21-17-10-8-6-2/h26-27H,5-25H2,1-4H3,(H,31,32)(H,33,34). The molecule has 2 atom stereocenters. The number of ether oxygens (including phenoxy) is 4. The normalized spacial score (nSPS) is 14.7. The van der Waals surface area contributed by atoms with Gasteiger partial charge < -0.3 is 29.2 Å². The second kappa shape index (κ2) is 24.8. The van der Waals surface area contributed by atoms with E-state index in [1.807, 2.05) is 13.8 Å². The van der Waals surface area contributed by atoms with Gasteiger partial charge in [0.1, 0.15) is 5.41 Å². The molecule has 0 aromatic carbocycles. The van der Waals surface area contributed by atoms with Gasteiger partial charge in [-0.15, -0.1) is 0 Å². The van der Waals surface area contributed by atoms with Crippen LogP contribution in [0.5, 0.6) is 0 Å². The lowest BCUT2D eigenvalue weighted by molar-refractivity contribution is -0.180. The molecule has 0 saturated carbocycles. The molecular weight excluding hydrogens is 488 g/mol. The molecular formula is C30H58O8. The van der Waals surface area contributed by atoms with E-state index in [2.05, 4.69) is 13.8 Å². The maximum Gasteiger partial charge on any atom is 0.314 e. The number of carboxylic acids is 2. The van der Waals surface area contributed by atoms with E-state index in [1.54, 1.807) is 0 Å². The summed E-state index contributed by atoms with van der Waals surface area (Å²) in [7, 11) is 0. The molecule has 0 heterocycles. The predicted molar refractivity (Wildman–Crippen MR) is 151 cm³/mol. The first-order chi connectivity index (χ1) is 18.3. The lowest BCUT2D eigenvalue weighted by atomic mass is 9.73. The van der Waals surface area contributed by atoms with Crippen LogP contribution in [0.4, 0.5) is 0 Å². The first-order valence-corrected chi connectivity index (χ1v) is 15.2. The summed E-state index contributed by atoms with van der Waals surface area (Å²) in [6, 6.07) is 0. The maximum absolute atomic E-state index is 12.7. The van der Waals surface area contributed by atoms with Crippen molar-refractivity contribution in [1.82, 2.24) is 0 Å². The number of hydrogen-bond donors (Lipinski definition) is 2. The van der Waals surface area contributed by atoms with Crippen LogP contribution >= 0.6 is 0 Å². The zero-order valence-corrected chi connectivity index (χ0v) is 24.8. The van der Waals surface area contributed by atoms with Gasteiger partial charge in [-0.1, -0.05) is 78.1 Å². The highest BCUT2D eigenvalue weighted by Gasteiger charge is 2.49. The highest BCUT2D eigenvalue weighted by molar-refractivity contribution is 5.76. The highest BCUT2D eigenvalue weighted by atomic mass is 16.5. The van der Waals surface area contributed by atoms with Crippen molar-refractivity contribution >= 4 is 11.9 Å². The Morgan fingerprint density at radius 1 is 0.605 bits per heavy atom. The fourth-order valence-electron chi connectivity index (χ4n) is 4.75. The Morgan fingerprint density at radius 3 is 1.50 bits per heavy atom. The Hall–Kier alpha value is -1.22. The summed E-state index contributed by atoms with van der Waals surface area (Å²) in [4.78, 5) is 23.4. The van der Waals surface area contributed by atoms with Gasteiger partial charge in [0.15, 0.2) is 0 Å². The molecule has 2 N–H and O–H groups in total. The lowest BCUT2D eigenvalue weighted by Crippen LogP contribution is -2.51. The van der Waals surface area contributed by atoms with Crippen LogP contribution in [-0.4, -0.2) is 74.0 Å². The van der Waals surface area contributed by atoms with Crippen molar-refractivity contribution in [2.75, 3.05) is 39.6 Å². The van der Waals surface area contributed by atoms with Crippen LogP contribution in [0.2, 0.25) is 0 Å². The quantitative estimate of drug-likeness (QED) is 0.0977. The molecule has 0 aromatic heterocycles. The van der Waals surface area contributed by atoms with Crippen molar-refractivity contribution in [1.29, 1.82) is 0 Å². The smallest absolute Gasteiger partial charge is 0.314 e. The average molecular weight is 547 g/mol.